The van der Waals surface area contributed by atoms with Crippen molar-refractivity contribution in [2.45, 2.75) is 53.5 Å². The smallest absolute Gasteiger partial charge is 0.308 e. The number of carboxylic acids is 1. The highest BCUT2D eigenvalue weighted by atomic mass is 16.4. The quantitative estimate of drug-likeness (QED) is 0.814. The number of carbonyl (C=O) groups excluding carboxylic acids is 1. The van der Waals surface area contributed by atoms with Crippen molar-refractivity contribution in [1.82, 2.24) is 10.2 Å². The second-order valence-electron chi connectivity index (χ2n) is 7.56. The van der Waals surface area contributed by atoms with Gasteiger partial charge in [0.05, 0.1) is 5.92 Å². The summed E-state index contributed by atoms with van der Waals surface area (Å²) in [6.07, 6.45) is 1.66. The molecule has 0 aromatic heterocycles. The molecule has 1 fully saturated rings. The summed E-state index contributed by atoms with van der Waals surface area (Å²) < 4.78 is 0. The van der Waals surface area contributed by atoms with E-state index in [2.05, 4.69) is 19.2 Å². The first-order valence-electron chi connectivity index (χ1n) is 7.86. The Morgan fingerprint density at radius 3 is 2.38 bits per heavy atom. The molecule has 1 rings (SSSR count). The van der Waals surface area contributed by atoms with Gasteiger partial charge in [-0.3, -0.25) is 9.59 Å². The molecule has 1 saturated heterocycles. The topological polar surface area (TPSA) is 69.6 Å². The Kier molecular flexibility index (Phi) is 6.20. The molecule has 2 N–H and O–H groups in total. The van der Waals surface area contributed by atoms with Gasteiger partial charge in [-0.25, -0.2) is 0 Å². The zero-order chi connectivity index (χ0) is 16.2. The SMILES string of the molecule is CC(C)CCNC1CC(C(=O)O)CN(C(=O)C(C)(C)C)C1. The third-order valence-corrected chi connectivity index (χ3v) is 3.88. The molecule has 0 saturated carbocycles. The van der Waals surface area contributed by atoms with Gasteiger partial charge in [-0.15, -0.1) is 0 Å². The third kappa shape index (κ3) is 5.65. The van der Waals surface area contributed by atoms with E-state index >= 15 is 0 Å². The largest absolute Gasteiger partial charge is 0.481 e. The van der Waals surface area contributed by atoms with E-state index in [9.17, 15) is 14.7 Å². The van der Waals surface area contributed by atoms with Crippen molar-refractivity contribution < 1.29 is 14.7 Å². The van der Waals surface area contributed by atoms with Crippen molar-refractivity contribution in [3.63, 3.8) is 0 Å². The number of rotatable bonds is 5. The molecule has 0 spiro atoms. The van der Waals surface area contributed by atoms with Gasteiger partial charge >= 0.3 is 5.97 Å². The van der Waals surface area contributed by atoms with Gasteiger partial charge in [0, 0.05) is 24.5 Å². The van der Waals surface area contributed by atoms with Crippen molar-refractivity contribution in [2.24, 2.45) is 17.3 Å². The number of carboxylic acid groups (broad SMARTS) is 1. The number of hydrogen-bond donors (Lipinski definition) is 2. The maximum Gasteiger partial charge on any atom is 0.308 e. The number of amides is 1. The van der Waals surface area contributed by atoms with Gasteiger partial charge in [-0.2, -0.15) is 0 Å². The summed E-state index contributed by atoms with van der Waals surface area (Å²) in [6.45, 7) is 11.8. The fraction of sp³-hybridized carbons (Fsp3) is 0.875. The molecule has 0 aromatic rings. The van der Waals surface area contributed by atoms with Crippen LogP contribution < -0.4 is 5.32 Å². The first-order valence-corrected chi connectivity index (χ1v) is 7.86. The van der Waals surface area contributed by atoms with Gasteiger partial charge in [0.25, 0.3) is 0 Å². The van der Waals surface area contributed by atoms with Crippen molar-refractivity contribution in [3.05, 3.63) is 0 Å². The van der Waals surface area contributed by atoms with Crippen LogP contribution in [0.5, 0.6) is 0 Å². The summed E-state index contributed by atoms with van der Waals surface area (Å²) in [5, 5.41) is 12.7. The standard InChI is InChI=1S/C16H30N2O3/c1-11(2)6-7-17-13-8-12(14(19)20)9-18(10-13)15(21)16(3,4)5/h11-13,17H,6-10H2,1-5H3,(H,19,20). The second kappa shape index (κ2) is 7.25. The number of carbonyl (C=O) groups is 2. The van der Waals surface area contributed by atoms with E-state index in [1.54, 1.807) is 4.90 Å². The van der Waals surface area contributed by atoms with E-state index in [0.29, 0.717) is 25.4 Å². The Morgan fingerprint density at radius 2 is 1.90 bits per heavy atom. The summed E-state index contributed by atoms with van der Waals surface area (Å²) in [6, 6.07) is 0.0740. The summed E-state index contributed by atoms with van der Waals surface area (Å²) >= 11 is 0. The zero-order valence-corrected chi connectivity index (χ0v) is 14.0. The Morgan fingerprint density at radius 1 is 1.29 bits per heavy atom. The normalized spacial score (nSPS) is 23.4. The third-order valence-electron chi connectivity index (χ3n) is 3.88. The van der Waals surface area contributed by atoms with Gasteiger partial charge in [0.1, 0.15) is 0 Å². The van der Waals surface area contributed by atoms with Crippen LogP contribution in [0.4, 0.5) is 0 Å². The molecule has 1 amide bonds. The number of nitrogens with one attached hydrogen (secondary N) is 1. The van der Waals surface area contributed by atoms with Crippen LogP contribution in [0.15, 0.2) is 0 Å². The summed E-state index contributed by atoms with van der Waals surface area (Å²) in [7, 11) is 0. The highest BCUT2D eigenvalue weighted by Gasteiger charge is 2.37. The minimum absolute atomic E-state index is 0.0316. The molecule has 122 valence electrons. The van der Waals surface area contributed by atoms with Crippen LogP contribution in [0.3, 0.4) is 0 Å². The fourth-order valence-corrected chi connectivity index (χ4v) is 2.64. The van der Waals surface area contributed by atoms with E-state index in [1.165, 1.54) is 0 Å². The molecule has 0 aliphatic carbocycles. The molecule has 5 heteroatoms. The maximum atomic E-state index is 12.4. The van der Waals surface area contributed by atoms with Crippen LogP contribution in [-0.2, 0) is 9.59 Å². The van der Waals surface area contributed by atoms with Gasteiger partial charge < -0.3 is 15.3 Å². The Bertz CT molecular complexity index is 374. The minimum atomic E-state index is -0.808. The van der Waals surface area contributed by atoms with E-state index in [4.69, 9.17) is 0 Å². The van der Waals surface area contributed by atoms with Crippen LogP contribution in [0.2, 0.25) is 0 Å². The average Bonchev–Trinajstić information content (AvgIpc) is 2.35. The first-order chi connectivity index (χ1) is 9.61. The molecular formula is C16H30N2O3. The van der Waals surface area contributed by atoms with E-state index in [0.717, 1.165) is 13.0 Å². The Balaban J connectivity index is 2.68. The Labute approximate surface area is 128 Å². The lowest BCUT2D eigenvalue weighted by molar-refractivity contribution is -0.149. The van der Waals surface area contributed by atoms with Crippen LogP contribution in [0.25, 0.3) is 0 Å². The lowest BCUT2D eigenvalue weighted by Crippen LogP contribution is -2.55. The number of piperidine rings is 1. The van der Waals surface area contributed by atoms with E-state index < -0.39 is 17.3 Å². The van der Waals surface area contributed by atoms with Crippen LogP contribution >= 0.6 is 0 Å². The van der Waals surface area contributed by atoms with Gasteiger partial charge in [-0.1, -0.05) is 34.6 Å². The average molecular weight is 298 g/mol. The molecule has 2 unspecified atom stereocenters. The highest BCUT2D eigenvalue weighted by Crippen LogP contribution is 2.24. The highest BCUT2D eigenvalue weighted by molar-refractivity contribution is 5.82. The fourth-order valence-electron chi connectivity index (χ4n) is 2.64. The molecule has 2 atom stereocenters. The monoisotopic (exact) mass is 298 g/mol. The van der Waals surface area contributed by atoms with E-state index in [1.807, 2.05) is 20.8 Å². The molecule has 1 heterocycles. The van der Waals surface area contributed by atoms with Crippen LogP contribution in [0.1, 0.15) is 47.5 Å². The molecule has 0 bridgehead atoms. The van der Waals surface area contributed by atoms with Crippen molar-refractivity contribution >= 4 is 11.9 Å². The maximum absolute atomic E-state index is 12.4. The van der Waals surface area contributed by atoms with Crippen molar-refractivity contribution in [2.75, 3.05) is 19.6 Å². The zero-order valence-electron chi connectivity index (χ0n) is 14.0. The second-order valence-corrected chi connectivity index (χ2v) is 7.56. The molecule has 5 nitrogen and oxygen atoms in total. The molecular weight excluding hydrogens is 268 g/mol. The summed E-state index contributed by atoms with van der Waals surface area (Å²) in [5.41, 5.74) is -0.469. The van der Waals surface area contributed by atoms with Crippen molar-refractivity contribution in [1.29, 1.82) is 0 Å². The molecule has 21 heavy (non-hydrogen) atoms. The van der Waals surface area contributed by atoms with Gasteiger partial charge in [0.15, 0.2) is 0 Å². The predicted octanol–water partition coefficient (Wildman–Crippen LogP) is 1.97. The first kappa shape index (κ1) is 18.0. The van der Waals surface area contributed by atoms with Crippen LogP contribution in [-0.4, -0.2) is 47.6 Å². The number of aliphatic carboxylic acids is 1. The molecule has 1 aliphatic heterocycles. The predicted molar refractivity (Wildman–Crippen MR) is 83.0 cm³/mol. The van der Waals surface area contributed by atoms with Gasteiger partial charge in [0.2, 0.25) is 5.91 Å². The van der Waals surface area contributed by atoms with Crippen LogP contribution in [0, 0.1) is 17.3 Å². The van der Waals surface area contributed by atoms with E-state index in [-0.39, 0.29) is 11.9 Å². The minimum Gasteiger partial charge on any atom is -0.481 e. The number of hydrogen-bond acceptors (Lipinski definition) is 3. The lowest BCUT2D eigenvalue weighted by atomic mass is 9.89. The molecule has 1 aliphatic rings. The van der Waals surface area contributed by atoms with Gasteiger partial charge in [-0.05, 0) is 25.3 Å². The van der Waals surface area contributed by atoms with Crippen molar-refractivity contribution in [3.8, 4) is 0 Å². The molecule has 0 aromatic carbocycles. The number of likely N-dealkylation sites (tertiary alicyclic amines) is 1. The lowest BCUT2D eigenvalue weighted by Gasteiger charge is -2.39. The Hall–Kier alpha value is -1.10. The summed E-state index contributed by atoms with van der Waals surface area (Å²) in [4.78, 5) is 25.5. The summed E-state index contributed by atoms with van der Waals surface area (Å²) in [5.74, 6) is -0.633. The molecule has 0 radical (unpaired) electrons. The number of nitrogens with zero attached hydrogens (tertiary/aromatic N) is 1.